The van der Waals surface area contributed by atoms with Gasteiger partial charge in [0.05, 0.1) is 17.5 Å². The minimum atomic E-state index is -0.0699. The van der Waals surface area contributed by atoms with Crippen LogP contribution in [0, 0.1) is 0 Å². The van der Waals surface area contributed by atoms with Crippen molar-refractivity contribution in [2.45, 2.75) is 19.3 Å². The summed E-state index contributed by atoms with van der Waals surface area (Å²) < 4.78 is 0. The van der Waals surface area contributed by atoms with E-state index in [1.807, 2.05) is 36.4 Å². The van der Waals surface area contributed by atoms with Gasteiger partial charge in [0.2, 0.25) is 11.8 Å². The summed E-state index contributed by atoms with van der Waals surface area (Å²) >= 11 is 0. The molecule has 0 spiro atoms. The number of H-pyrrole nitrogens is 1. The first-order chi connectivity index (χ1) is 12.1. The Balaban J connectivity index is 1.52. The second-order valence-electron chi connectivity index (χ2n) is 5.80. The molecule has 0 aliphatic heterocycles. The quantitative estimate of drug-likeness (QED) is 0.646. The molecule has 0 aliphatic rings. The van der Waals surface area contributed by atoms with Crippen LogP contribution in [0.2, 0.25) is 0 Å². The first-order valence-electron chi connectivity index (χ1n) is 8.17. The number of nitrogens with one attached hydrogen (secondary N) is 3. The van der Waals surface area contributed by atoms with Crippen LogP contribution < -0.4 is 10.6 Å². The molecule has 2 aromatic carbocycles. The summed E-state index contributed by atoms with van der Waals surface area (Å²) in [6, 6.07) is 15.1. The van der Waals surface area contributed by atoms with Gasteiger partial charge >= 0.3 is 0 Å². The van der Waals surface area contributed by atoms with E-state index in [1.165, 1.54) is 0 Å². The van der Waals surface area contributed by atoms with E-state index in [1.54, 1.807) is 19.2 Å². The largest absolute Gasteiger partial charge is 0.359 e. The molecule has 3 aromatic rings. The molecule has 0 radical (unpaired) electrons. The lowest BCUT2D eigenvalue weighted by atomic mass is 10.1. The number of hydrogen-bond acceptors (Lipinski definition) is 3. The van der Waals surface area contributed by atoms with Crippen LogP contribution in [-0.2, 0) is 22.4 Å². The molecule has 0 aliphatic carbocycles. The normalized spacial score (nSPS) is 10.6. The highest BCUT2D eigenvalue weighted by Gasteiger charge is 2.07. The van der Waals surface area contributed by atoms with E-state index in [-0.39, 0.29) is 11.8 Å². The minimum absolute atomic E-state index is 0.0392. The van der Waals surface area contributed by atoms with E-state index in [0.717, 1.165) is 28.1 Å². The summed E-state index contributed by atoms with van der Waals surface area (Å²) in [7, 11) is 1.61. The molecule has 1 heterocycles. The molecule has 0 bridgehead atoms. The summed E-state index contributed by atoms with van der Waals surface area (Å²) in [5.74, 6) is 0.694. The SMILES string of the molecule is CNC(=O)Cc1ccc(NC(=O)CCc2nc3ccccc3[nH]2)cc1. The van der Waals surface area contributed by atoms with E-state index in [2.05, 4.69) is 20.6 Å². The minimum Gasteiger partial charge on any atom is -0.359 e. The second-order valence-corrected chi connectivity index (χ2v) is 5.80. The molecule has 0 atom stereocenters. The Kier molecular flexibility index (Phi) is 5.09. The van der Waals surface area contributed by atoms with Crippen molar-refractivity contribution < 1.29 is 9.59 Å². The molecule has 3 N–H and O–H groups in total. The molecule has 0 fully saturated rings. The number of fused-ring (bicyclic) bond motifs is 1. The average Bonchev–Trinajstić information content (AvgIpc) is 3.04. The molecule has 128 valence electrons. The predicted molar refractivity (Wildman–Crippen MR) is 97.3 cm³/mol. The monoisotopic (exact) mass is 336 g/mol. The van der Waals surface area contributed by atoms with Crippen LogP contribution in [0.5, 0.6) is 0 Å². The fraction of sp³-hybridized carbons (Fsp3) is 0.211. The summed E-state index contributed by atoms with van der Waals surface area (Å²) in [5, 5.41) is 5.44. The molecule has 0 saturated carbocycles. The van der Waals surface area contributed by atoms with Gasteiger partial charge in [-0.25, -0.2) is 4.98 Å². The highest BCUT2D eigenvalue weighted by molar-refractivity contribution is 5.91. The van der Waals surface area contributed by atoms with Crippen LogP contribution in [0.3, 0.4) is 0 Å². The Morgan fingerprint density at radius 3 is 2.52 bits per heavy atom. The number of amides is 2. The number of rotatable bonds is 6. The second kappa shape index (κ2) is 7.61. The van der Waals surface area contributed by atoms with Crippen LogP contribution in [-0.4, -0.2) is 28.8 Å². The first kappa shape index (κ1) is 16.7. The van der Waals surface area contributed by atoms with Crippen molar-refractivity contribution in [3.63, 3.8) is 0 Å². The molecule has 0 unspecified atom stereocenters. The lowest BCUT2D eigenvalue weighted by molar-refractivity contribution is -0.120. The summed E-state index contributed by atoms with van der Waals surface area (Å²) in [6.07, 6.45) is 1.23. The maximum absolute atomic E-state index is 12.1. The van der Waals surface area contributed by atoms with Crippen molar-refractivity contribution >= 4 is 28.5 Å². The standard InChI is InChI=1S/C19H20N4O2/c1-20-19(25)12-13-6-8-14(9-7-13)21-18(24)11-10-17-22-15-4-2-3-5-16(15)23-17/h2-9H,10-12H2,1H3,(H,20,25)(H,21,24)(H,22,23). The third-order valence-corrected chi connectivity index (χ3v) is 3.91. The molecular weight excluding hydrogens is 316 g/mol. The fourth-order valence-corrected chi connectivity index (χ4v) is 2.56. The molecule has 1 aromatic heterocycles. The number of carbonyl (C=O) groups is 2. The number of likely N-dealkylation sites (N-methyl/N-ethyl adjacent to an activating group) is 1. The van der Waals surface area contributed by atoms with Crippen LogP contribution in [0.4, 0.5) is 5.69 Å². The van der Waals surface area contributed by atoms with Gasteiger partial charge in [0, 0.05) is 25.6 Å². The zero-order valence-corrected chi connectivity index (χ0v) is 14.0. The first-order valence-corrected chi connectivity index (χ1v) is 8.17. The number of para-hydroxylation sites is 2. The van der Waals surface area contributed by atoms with Crippen molar-refractivity contribution in [1.29, 1.82) is 0 Å². The van der Waals surface area contributed by atoms with Gasteiger partial charge in [0.25, 0.3) is 0 Å². The Labute approximate surface area is 145 Å². The van der Waals surface area contributed by atoms with Crippen LogP contribution in [0.25, 0.3) is 11.0 Å². The number of aromatic amines is 1. The smallest absolute Gasteiger partial charge is 0.224 e. The van der Waals surface area contributed by atoms with Gasteiger partial charge in [-0.15, -0.1) is 0 Å². The van der Waals surface area contributed by atoms with E-state index in [9.17, 15) is 9.59 Å². The number of benzene rings is 2. The number of imidazole rings is 1. The Morgan fingerprint density at radius 2 is 1.80 bits per heavy atom. The molecule has 6 nitrogen and oxygen atoms in total. The summed E-state index contributed by atoms with van der Waals surface area (Å²) in [4.78, 5) is 31.1. The lowest BCUT2D eigenvalue weighted by Crippen LogP contribution is -2.19. The van der Waals surface area contributed by atoms with Crippen molar-refractivity contribution in [2.75, 3.05) is 12.4 Å². The van der Waals surface area contributed by atoms with Crippen LogP contribution in [0.15, 0.2) is 48.5 Å². The Morgan fingerprint density at radius 1 is 1.04 bits per heavy atom. The van der Waals surface area contributed by atoms with E-state index < -0.39 is 0 Å². The molecule has 2 amide bonds. The van der Waals surface area contributed by atoms with Crippen molar-refractivity contribution in [1.82, 2.24) is 15.3 Å². The van der Waals surface area contributed by atoms with Crippen LogP contribution >= 0.6 is 0 Å². The summed E-state index contributed by atoms with van der Waals surface area (Å²) in [5.41, 5.74) is 3.50. The number of aromatic nitrogens is 2. The zero-order chi connectivity index (χ0) is 17.6. The Hall–Kier alpha value is -3.15. The fourth-order valence-electron chi connectivity index (χ4n) is 2.56. The average molecular weight is 336 g/mol. The predicted octanol–water partition coefficient (Wildman–Crippen LogP) is 2.42. The third-order valence-electron chi connectivity index (χ3n) is 3.91. The van der Waals surface area contributed by atoms with E-state index >= 15 is 0 Å². The zero-order valence-electron chi connectivity index (χ0n) is 14.0. The number of nitrogens with zero attached hydrogens (tertiary/aromatic N) is 1. The topological polar surface area (TPSA) is 86.9 Å². The molecule has 25 heavy (non-hydrogen) atoms. The maximum atomic E-state index is 12.1. The number of carbonyl (C=O) groups excluding carboxylic acids is 2. The number of hydrogen-bond donors (Lipinski definition) is 3. The van der Waals surface area contributed by atoms with Gasteiger partial charge in [-0.05, 0) is 29.8 Å². The lowest BCUT2D eigenvalue weighted by Gasteiger charge is -2.06. The van der Waals surface area contributed by atoms with E-state index in [0.29, 0.717) is 19.3 Å². The Bertz CT molecular complexity index is 851. The third kappa shape index (κ3) is 4.44. The van der Waals surface area contributed by atoms with Crippen molar-refractivity contribution in [2.24, 2.45) is 0 Å². The summed E-state index contributed by atoms with van der Waals surface area (Å²) in [6.45, 7) is 0. The van der Waals surface area contributed by atoms with Gasteiger partial charge in [-0.2, -0.15) is 0 Å². The van der Waals surface area contributed by atoms with Crippen LogP contribution in [0.1, 0.15) is 17.8 Å². The van der Waals surface area contributed by atoms with Crippen molar-refractivity contribution in [3.8, 4) is 0 Å². The van der Waals surface area contributed by atoms with Crippen molar-refractivity contribution in [3.05, 3.63) is 59.9 Å². The maximum Gasteiger partial charge on any atom is 0.224 e. The van der Waals surface area contributed by atoms with Gasteiger partial charge in [0.1, 0.15) is 5.82 Å². The van der Waals surface area contributed by atoms with Gasteiger partial charge in [-0.3, -0.25) is 9.59 Å². The molecule has 3 rings (SSSR count). The molecule has 6 heteroatoms. The van der Waals surface area contributed by atoms with Gasteiger partial charge < -0.3 is 15.6 Å². The highest BCUT2D eigenvalue weighted by atomic mass is 16.2. The highest BCUT2D eigenvalue weighted by Crippen LogP contribution is 2.13. The molecular formula is C19H20N4O2. The number of aryl methyl sites for hydroxylation is 1. The van der Waals surface area contributed by atoms with Gasteiger partial charge in [-0.1, -0.05) is 24.3 Å². The molecule has 0 saturated heterocycles. The van der Waals surface area contributed by atoms with Gasteiger partial charge in [0.15, 0.2) is 0 Å². The number of anilines is 1. The van der Waals surface area contributed by atoms with E-state index in [4.69, 9.17) is 0 Å².